The van der Waals surface area contributed by atoms with Gasteiger partial charge in [0.15, 0.2) is 0 Å². The molecule has 2 heterocycles. The number of piperazine rings is 1. The molecule has 0 aliphatic carbocycles. The molecule has 3 amide bonds. The quantitative estimate of drug-likeness (QED) is 0.823. The van der Waals surface area contributed by atoms with Crippen molar-refractivity contribution < 1.29 is 27.6 Å². The van der Waals surface area contributed by atoms with Gasteiger partial charge >= 0.3 is 6.18 Å². The normalized spacial score (nSPS) is 14.5. The van der Waals surface area contributed by atoms with Gasteiger partial charge in [0.1, 0.15) is 12.2 Å². The second kappa shape index (κ2) is 8.60. The monoisotopic (exact) mass is 422 g/mol. The lowest BCUT2D eigenvalue weighted by Gasteiger charge is -2.34. The largest absolute Gasteiger partial charge is 0.418 e. The third-order valence-electron chi connectivity index (χ3n) is 4.88. The summed E-state index contributed by atoms with van der Waals surface area (Å²) in [7, 11) is 0. The van der Waals surface area contributed by atoms with Crippen LogP contribution in [-0.4, -0.2) is 58.3 Å². The lowest BCUT2D eigenvalue weighted by atomic mass is 10.1. The molecule has 30 heavy (non-hydrogen) atoms. The van der Waals surface area contributed by atoms with E-state index in [2.05, 4.69) is 5.32 Å². The van der Waals surface area contributed by atoms with Crippen LogP contribution in [0.25, 0.3) is 0 Å². The number of amides is 3. The topological polar surface area (TPSA) is 74.7 Å². The highest BCUT2D eigenvalue weighted by Crippen LogP contribution is 2.34. The third-order valence-corrected chi connectivity index (χ3v) is 4.88. The van der Waals surface area contributed by atoms with E-state index in [1.54, 1.807) is 21.9 Å². The highest BCUT2D eigenvalue weighted by molar-refractivity contribution is 5.95. The summed E-state index contributed by atoms with van der Waals surface area (Å²) in [5.74, 6) is -1.04. The fourth-order valence-corrected chi connectivity index (χ4v) is 3.32. The van der Waals surface area contributed by atoms with Crippen molar-refractivity contribution in [1.82, 2.24) is 14.4 Å². The predicted octanol–water partition coefficient (Wildman–Crippen LogP) is 2.45. The van der Waals surface area contributed by atoms with Crippen LogP contribution in [0.3, 0.4) is 0 Å². The molecule has 1 aliphatic rings. The van der Waals surface area contributed by atoms with Crippen LogP contribution in [0.2, 0.25) is 0 Å². The molecule has 3 rings (SSSR count). The Bertz CT molecular complexity index is 947. The van der Waals surface area contributed by atoms with Crippen molar-refractivity contribution in [2.75, 3.05) is 31.5 Å². The number of carbonyl (C=O) groups is 3. The standard InChI is InChI=1S/C20H21F3N4O3/c1-14(28)25-9-11-26(12-10-25)19(30)17-7-4-8-27(17)13-18(29)24-16-6-3-2-5-15(16)20(21,22)23/h2-8H,9-13H2,1H3,(H,24,29). The molecule has 0 radical (unpaired) electrons. The third kappa shape index (κ3) is 4.81. The van der Waals surface area contributed by atoms with Crippen molar-refractivity contribution in [3.63, 3.8) is 0 Å². The second-order valence-electron chi connectivity index (χ2n) is 6.91. The van der Waals surface area contributed by atoms with Gasteiger partial charge in [-0.2, -0.15) is 13.2 Å². The molecule has 1 fully saturated rings. The summed E-state index contributed by atoms with van der Waals surface area (Å²) in [5, 5.41) is 2.27. The first kappa shape index (κ1) is 21.4. The van der Waals surface area contributed by atoms with E-state index in [9.17, 15) is 27.6 Å². The Hall–Kier alpha value is -3.30. The molecule has 1 N–H and O–H groups in total. The molecule has 7 nitrogen and oxygen atoms in total. The fraction of sp³-hybridized carbons (Fsp3) is 0.350. The van der Waals surface area contributed by atoms with Crippen molar-refractivity contribution in [1.29, 1.82) is 0 Å². The molecular formula is C20H21F3N4O3. The number of alkyl halides is 3. The number of hydrogen-bond acceptors (Lipinski definition) is 3. The first-order chi connectivity index (χ1) is 14.2. The summed E-state index contributed by atoms with van der Waals surface area (Å²) in [6, 6.07) is 7.85. The maximum atomic E-state index is 13.1. The first-order valence-electron chi connectivity index (χ1n) is 9.33. The van der Waals surface area contributed by atoms with Crippen LogP contribution in [-0.2, 0) is 22.3 Å². The van der Waals surface area contributed by atoms with Crippen LogP contribution in [0.1, 0.15) is 23.0 Å². The van der Waals surface area contributed by atoms with E-state index in [1.165, 1.54) is 35.9 Å². The van der Waals surface area contributed by atoms with E-state index >= 15 is 0 Å². The number of para-hydroxylation sites is 1. The Kier molecular flexibility index (Phi) is 6.14. The number of carbonyl (C=O) groups excluding carboxylic acids is 3. The minimum atomic E-state index is -4.60. The summed E-state index contributed by atoms with van der Waals surface area (Å²) in [6.07, 6.45) is -3.07. The van der Waals surface area contributed by atoms with Crippen LogP contribution in [0.4, 0.5) is 18.9 Å². The van der Waals surface area contributed by atoms with E-state index in [4.69, 9.17) is 0 Å². The SMILES string of the molecule is CC(=O)N1CCN(C(=O)c2cccn2CC(=O)Nc2ccccc2C(F)(F)F)CC1. The molecule has 2 aromatic rings. The maximum absolute atomic E-state index is 13.1. The molecule has 1 aromatic heterocycles. The van der Waals surface area contributed by atoms with Crippen LogP contribution >= 0.6 is 0 Å². The van der Waals surface area contributed by atoms with Crippen molar-refractivity contribution in [3.8, 4) is 0 Å². The number of nitrogens with zero attached hydrogens (tertiary/aromatic N) is 3. The number of nitrogens with one attached hydrogen (secondary N) is 1. The molecule has 0 atom stereocenters. The van der Waals surface area contributed by atoms with Crippen molar-refractivity contribution in [2.45, 2.75) is 19.6 Å². The molecule has 160 valence electrons. The van der Waals surface area contributed by atoms with E-state index in [0.29, 0.717) is 26.2 Å². The zero-order chi connectivity index (χ0) is 21.9. The van der Waals surface area contributed by atoms with Crippen LogP contribution in [0, 0.1) is 0 Å². The zero-order valence-electron chi connectivity index (χ0n) is 16.3. The average molecular weight is 422 g/mol. The van der Waals surface area contributed by atoms with Crippen LogP contribution < -0.4 is 5.32 Å². The number of halogens is 3. The summed E-state index contributed by atoms with van der Waals surface area (Å²) < 4.78 is 40.7. The molecule has 10 heteroatoms. The van der Waals surface area contributed by atoms with Gasteiger partial charge < -0.3 is 19.7 Å². The van der Waals surface area contributed by atoms with Gasteiger partial charge in [-0.1, -0.05) is 12.1 Å². The minimum Gasteiger partial charge on any atom is -0.339 e. The number of benzene rings is 1. The molecular weight excluding hydrogens is 401 g/mol. The zero-order valence-corrected chi connectivity index (χ0v) is 16.3. The summed E-state index contributed by atoms with van der Waals surface area (Å²) in [4.78, 5) is 39.8. The summed E-state index contributed by atoms with van der Waals surface area (Å²) >= 11 is 0. The van der Waals surface area contributed by atoms with Crippen molar-refractivity contribution in [2.24, 2.45) is 0 Å². The average Bonchev–Trinajstić information content (AvgIpc) is 3.15. The second-order valence-corrected chi connectivity index (χ2v) is 6.91. The lowest BCUT2D eigenvalue weighted by molar-refractivity contribution is -0.137. The predicted molar refractivity (Wildman–Crippen MR) is 103 cm³/mol. The highest BCUT2D eigenvalue weighted by atomic mass is 19.4. The van der Waals surface area contributed by atoms with Gasteiger partial charge in [-0.3, -0.25) is 14.4 Å². The Labute approximate surface area is 171 Å². The van der Waals surface area contributed by atoms with Crippen molar-refractivity contribution in [3.05, 3.63) is 53.9 Å². The van der Waals surface area contributed by atoms with Gasteiger partial charge in [-0.25, -0.2) is 0 Å². The Balaban J connectivity index is 1.67. The van der Waals surface area contributed by atoms with Gasteiger partial charge in [-0.15, -0.1) is 0 Å². The highest BCUT2D eigenvalue weighted by Gasteiger charge is 2.33. The van der Waals surface area contributed by atoms with Gasteiger partial charge in [0.05, 0.1) is 11.3 Å². The maximum Gasteiger partial charge on any atom is 0.418 e. The molecule has 0 unspecified atom stereocenters. The molecule has 1 aliphatic heterocycles. The van der Waals surface area contributed by atoms with Gasteiger partial charge in [0.25, 0.3) is 5.91 Å². The number of anilines is 1. The minimum absolute atomic E-state index is 0.0544. The fourth-order valence-electron chi connectivity index (χ4n) is 3.32. The number of rotatable bonds is 4. The smallest absolute Gasteiger partial charge is 0.339 e. The van der Waals surface area contributed by atoms with Crippen LogP contribution in [0.15, 0.2) is 42.6 Å². The van der Waals surface area contributed by atoms with Gasteiger partial charge in [0, 0.05) is 39.3 Å². The number of aromatic nitrogens is 1. The Morgan fingerprint density at radius 2 is 1.60 bits per heavy atom. The first-order valence-corrected chi connectivity index (χ1v) is 9.33. The van der Waals surface area contributed by atoms with E-state index in [1.807, 2.05) is 0 Å². The molecule has 0 saturated carbocycles. The Morgan fingerprint density at radius 3 is 2.23 bits per heavy atom. The number of hydrogen-bond donors (Lipinski definition) is 1. The molecule has 0 bridgehead atoms. The van der Waals surface area contributed by atoms with Crippen molar-refractivity contribution >= 4 is 23.4 Å². The van der Waals surface area contributed by atoms with E-state index in [0.717, 1.165) is 6.07 Å². The van der Waals surface area contributed by atoms with Gasteiger partial charge in [0.2, 0.25) is 11.8 Å². The van der Waals surface area contributed by atoms with Gasteiger partial charge in [-0.05, 0) is 24.3 Å². The molecule has 1 aromatic carbocycles. The van der Waals surface area contributed by atoms with E-state index in [-0.39, 0.29) is 29.7 Å². The summed E-state index contributed by atoms with van der Waals surface area (Å²) in [6.45, 7) is 2.75. The molecule has 0 spiro atoms. The van der Waals surface area contributed by atoms with Crippen LogP contribution in [0.5, 0.6) is 0 Å². The lowest BCUT2D eigenvalue weighted by Crippen LogP contribution is -2.50. The van der Waals surface area contributed by atoms with E-state index < -0.39 is 17.6 Å². The molecule has 1 saturated heterocycles. The Morgan fingerprint density at radius 1 is 0.967 bits per heavy atom. The summed E-state index contributed by atoms with van der Waals surface area (Å²) in [5.41, 5.74) is -1.02.